The lowest BCUT2D eigenvalue weighted by atomic mass is 10.0. The largest absolute Gasteiger partial charge is 0.340 e. The monoisotopic (exact) mass is 455 g/mol. The molecule has 0 aromatic heterocycles. The van der Waals surface area contributed by atoms with Crippen molar-refractivity contribution < 1.29 is 9.59 Å². The Balaban J connectivity index is 1.60. The second-order valence-corrected chi connectivity index (χ2v) is 9.22. The molecule has 2 amide bonds. The molecule has 1 heterocycles. The SMILES string of the molecule is Cc1ccc(CN(C(=O)c2ccccc2C)c2cccc(CC(=O)N3CCN(C)CC3)c2)cc1. The number of carbonyl (C=O) groups is 2. The van der Waals surface area contributed by atoms with Gasteiger partial charge in [0.05, 0.1) is 13.0 Å². The second-order valence-electron chi connectivity index (χ2n) is 9.22. The van der Waals surface area contributed by atoms with Gasteiger partial charge < -0.3 is 14.7 Å². The topological polar surface area (TPSA) is 43.9 Å². The Labute approximate surface area is 202 Å². The maximum absolute atomic E-state index is 13.7. The van der Waals surface area contributed by atoms with Gasteiger partial charge in [0, 0.05) is 37.4 Å². The predicted molar refractivity (Wildman–Crippen MR) is 137 cm³/mol. The molecule has 3 aromatic carbocycles. The number of hydrogen-bond acceptors (Lipinski definition) is 3. The summed E-state index contributed by atoms with van der Waals surface area (Å²) in [6.45, 7) is 7.81. The van der Waals surface area contributed by atoms with Crippen LogP contribution < -0.4 is 4.90 Å². The van der Waals surface area contributed by atoms with E-state index in [1.807, 2.05) is 65.3 Å². The Morgan fingerprint density at radius 3 is 2.24 bits per heavy atom. The van der Waals surface area contributed by atoms with Gasteiger partial charge in [-0.3, -0.25) is 9.59 Å². The van der Waals surface area contributed by atoms with Crippen molar-refractivity contribution in [3.63, 3.8) is 0 Å². The summed E-state index contributed by atoms with van der Waals surface area (Å²) in [7, 11) is 2.08. The maximum Gasteiger partial charge on any atom is 0.258 e. The summed E-state index contributed by atoms with van der Waals surface area (Å²) in [6, 6.07) is 23.8. The van der Waals surface area contributed by atoms with Crippen LogP contribution in [0.2, 0.25) is 0 Å². The number of benzene rings is 3. The van der Waals surface area contributed by atoms with E-state index < -0.39 is 0 Å². The van der Waals surface area contributed by atoms with E-state index in [2.05, 4.69) is 43.1 Å². The average molecular weight is 456 g/mol. The van der Waals surface area contributed by atoms with Crippen LogP contribution in [0.25, 0.3) is 0 Å². The van der Waals surface area contributed by atoms with Gasteiger partial charge in [-0.1, -0.05) is 60.2 Å². The van der Waals surface area contributed by atoms with E-state index in [4.69, 9.17) is 0 Å². The van der Waals surface area contributed by atoms with Gasteiger partial charge in [0.25, 0.3) is 5.91 Å². The molecule has 1 aliphatic rings. The fourth-order valence-electron chi connectivity index (χ4n) is 4.29. The summed E-state index contributed by atoms with van der Waals surface area (Å²) in [4.78, 5) is 32.6. The van der Waals surface area contributed by atoms with Gasteiger partial charge in [0.1, 0.15) is 0 Å². The molecule has 0 N–H and O–H groups in total. The van der Waals surface area contributed by atoms with Crippen molar-refractivity contribution in [2.24, 2.45) is 0 Å². The molecule has 176 valence electrons. The first-order chi connectivity index (χ1) is 16.4. The van der Waals surface area contributed by atoms with Gasteiger partial charge in [-0.15, -0.1) is 0 Å². The first-order valence-corrected chi connectivity index (χ1v) is 11.9. The van der Waals surface area contributed by atoms with E-state index in [1.165, 1.54) is 5.56 Å². The lowest BCUT2D eigenvalue weighted by molar-refractivity contribution is -0.132. The molecule has 0 unspecified atom stereocenters. The molecule has 1 aliphatic heterocycles. The Morgan fingerprint density at radius 1 is 0.824 bits per heavy atom. The molecule has 3 aromatic rings. The van der Waals surface area contributed by atoms with Crippen LogP contribution >= 0.6 is 0 Å². The maximum atomic E-state index is 13.7. The number of anilines is 1. The minimum atomic E-state index is -0.0405. The second kappa shape index (κ2) is 10.7. The lowest BCUT2D eigenvalue weighted by Crippen LogP contribution is -2.47. The first-order valence-electron chi connectivity index (χ1n) is 11.9. The molecule has 4 rings (SSSR count). The normalized spacial score (nSPS) is 14.1. The van der Waals surface area contributed by atoms with Crippen molar-refractivity contribution in [3.05, 3.63) is 101 Å². The van der Waals surface area contributed by atoms with Crippen molar-refractivity contribution in [3.8, 4) is 0 Å². The molecular weight excluding hydrogens is 422 g/mol. The summed E-state index contributed by atoms with van der Waals surface area (Å²) < 4.78 is 0. The quantitative estimate of drug-likeness (QED) is 0.551. The van der Waals surface area contributed by atoms with Crippen LogP contribution in [0.15, 0.2) is 72.8 Å². The fraction of sp³-hybridized carbons (Fsp3) is 0.310. The standard InChI is InChI=1S/C29H33N3O2/c1-22-11-13-24(14-12-22)21-32(29(34)27-10-5-4-7-23(27)2)26-9-6-8-25(19-26)20-28(33)31-17-15-30(3)16-18-31/h4-14,19H,15-18,20-21H2,1-3H3. The summed E-state index contributed by atoms with van der Waals surface area (Å²) >= 11 is 0. The molecule has 34 heavy (non-hydrogen) atoms. The van der Waals surface area contributed by atoms with E-state index in [0.29, 0.717) is 18.5 Å². The fourth-order valence-corrected chi connectivity index (χ4v) is 4.29. The Hall–Kier alpha value is -3.44. The summed E-state index contributed by atoms with van der Waals surface area (Å²) in [6.07, 6.45) is 0.342. The Morgan fingerprint density at radius 2 is 1.53 bits per heavy atom. The van der Waals surface area contributed by atoms with Crippen LogP contribution in [-0.4, -0.2) is 54.8 Å². The van der Waals surface area contributed by atoms with Crippen LogP contribution in [0.1, 0.15) is 32.6 Å². The van der Waals surface area contributed by atoms with E-state index in [-0.39, 0.29) is 11.8 Å². The van der Waals surface area contributed by atoms with Gasteiger partial charge in [-0.2, -0.15) is 0 Å². The van der Waals surface area contributed by atoms with Crippen molar-refractivity contribution in [1.82, 2.24) is 9.80 Å². The lowest BCUT2D eigenvalue weighted by Gasteiger charge is -2.32. The molecule has 0 aliphatic carbocycles. The number of carbonyl (C=O) groups excluding carboxylic acids is 2. The zero-order valence-corrected chi connectivity index (χ0v) is 20.3. The number of nitrogens with zero attached hydrogens (tertiary/aromatic N) is 3. The number of rotatable bonds is 6. The number of aryl methyl sites for hydroxylation is 2. The molecule has 0 saturated carbocycles. The number of likely N-dealkylation sites (N-methyl/N-ethyl adjacent to an activating group) is 1. The van der Waals surface area contributed by atoms with Gasteiger partial charge >= 0.3 is 0 Å². The highest BCUT2D eigenvalue weighted by atomic mass is 16.2. The van der Waals surface area contributed by atoms with E-state index >= 15 is 0 Å². The molecular formula is C29H33N3O2. The molecule has 0 spiro atoms. The number of piperazine rings is 1. The van der Waals surface area contributed by atoms with Crippen LogP contribution in [0, 0.1) is 13.8 Å². The molecule has 0 bridgehead atoms. The van der Waals surface area contributed by atoms with Crippen LogP contribution in [0.3, 0.4) is 0 Å². The van der Waals surface area contributed by atoms with E-state index in [0.717, 1.165) is 48.6 Å². The predicted octanol–water partition coefficient (Wildman–Crippen LogP) is 4.47. The van der Waals surface area contributed by atoms with Crippen LogP contribution in [-0.2, 0) is 17.8 Å². The zero-order valence-electron chi connectivity index (χ0n) is 20.3. The van der Waals surface area contributed by atoms with Gasteiger partial charge in [0.15, 0.2) is 0 Å². The van der Waals surface area contributed by atoms with Crippen LogP contribution in [0.5, 0.6) is 0 Å². The average Bonchev–Trinajstić information content (AvgIpc) is 2.84. The minimum Gasteiger partial charge on any atom is -0.340 e. The third-order valence-electron chi connectivity index (χ3n) is 6.52. The highest BCUT2D eigenvalue weighted by Gasteiger charge is 2.22. The van der Waals surface area contributed by atoms with Gasteiger partial charge in [-0.25, -0.2) is 0 Å². The summed E-state index contributed by atoms with van der Waals surface area (Å²) in [5.74, 6) is 0.0989. The highest BCUT2D eigenvalue weighted by Crippen LogP contribution is 2.24. The minimum absolute atomic E-state index is 0.0405. The summed E-state index contributed by atoms with van der Waals surface area (Å²) in [5.41, 5.74) is 5.61. The van der Waals surface area contributed by atoms with Crippen molar-refractivity contribution in [2.45, 2.75) is 26.8 Å². The number of amides is 2. The van der Waals surface area contributed by atoms with Crippen LogP contribution in [0.4, 0.5) is 5.69 Å². The molecule has 5 nitrogen and oxygen atoms in total. The summed E-state index contributed by atoms with van der Waals surface area (Å²) in [5, 5.41) is 0. The molecule has 1 fully saturated rings. The van der Waals surface area contributed by atoms with Gasteiger partial charge in [-0.05, 0) is 55.8 Å². The van der Waals surface area contributed by atoms with Crippen molar-refractivity contribution in [1.29, 1.82) is 0 Å². The Bertz CT molecular complexity index is 1150. The van der Waals surface area contributed by atoms with Gasteiger partial charge in [0.2, 0.25) is 5.91 Å². The molecule has 5 heteroatoms. The zero-order chi connectivity index (χ0) is 24.1. The third kappa shape index (κ3) is 5.72. The first kappa shape index (κ1) is 23.7. The van der Waals surface area contributed by atoms with Crippen molar-refractivity contribution in [2.75, 3.05) is 38.1 Å². The highest BCUT2D eigenvalue weighted by molar-refractivity contribution is 6.07. The smallest absolute Gasteiger partial charge is 0.258 e. The Kier molecular flexibility index (Phi) is 7.43. The van der Waals surface area contributed by atoms with Crippen molar-refractivity contribution >= 4 is 17.5 Å². The third-order valence-corrected chi connectivity index (χ3v) is 6.52. The van der Waals surface area contributed by atoms with E-state index in [9.17, 15) is 9.59 Å². The molecule has 1 saturated heterocycles. The van der Waals surface area contributed by atoms with E-state index in [1.54, 1.807) is 0 Å². The number of hydrogen-bond donors (Lipinski definition) is 0. The molecule has 0 atom stereocenters. The molecule has 0 radical (unpaired) electrons.